The summed E-state index contributed by atoms with van der Waals surface area (Å²) in [5.74, 6) is 1.34. The summed E-state index contributed by atoms with van der Waals surface area (Å²) in [5, 5.41) is 9.88. The fourth-order valence-corrected chi connectivity index (χ4v) is 2.81. The van der Waals surface area contributed by atoms with Crippen LogP contribution in [0.25, 0.3) is 6.08 Å². The van der Waals surface area contributed by atoms with Crippen molar-refractivity contribution in [2.45, 2.75) is 0 Å². The van der Waals surface area contributed by atoms with E-state index >= 15 is 0 Å². The molecule has 2 aromatic rings. The van der Waals surface area contributed by atoms with E-state index < -0.39 is 0 Å². The van der Waals surface area contributed by atoms with E-state index in [0.717, 1.165) is 0 Å². The Balaban J connectivity index is 1.72. The van der Waals surface area contributed by atoms with Crippen LogP contribution >= 0.6 is 11.6 Å². The number of phenols is 1. The number of hydrogen-bond donors (Lipinski definition) is 1. The van der Waals surface area contributed by atoms with Crippen LogP contribution in [0.1, 0.15) is 15.9 Å². The lowest BCUT2D eigenvalue weighted by atomic mass is 10.1. The van der Waals surface area contributed by atoms with Crippen molar-refractivity contribution in [2.24, 2.45) is 0 Å². The number of aromatic hydroxyl groups is 1. The van der Waals surface area contributed by atoms with Crippen molar-refractivity contribution < 1.29 is 24.1 Å². The van der Waals surface area contributed by atoms with E-state index in [0.29, 0.717) is 46.6 Å². The van der Waals surface area contributed by atoms with Gasteiger partial charge in [-0.25, -0.2) is 0 Å². The SMILES string of the molecule is O=C1/C(=C\c2cc(Cl)c3c(c2)OCCO3)Oc2cc(O)ccc21. The van der Waals surface area contributed by atoms with E-state index in [-0.39, 0.29) is 17.3 Å². The minimum atomic E-state index is -0.244. The van der Waals surface area contributed by atoms with Gasteiger partial charge in [0.25, 0.3) is 0 Å². The number of hydrogen-bond acceptors (Lipinski definition) is 5. The van der Waals surface area contributed by atoms with Crippen molar-refractivity contribution in [2.75, 3.05) is 13.2 Å². The van der Waals surface area contributed by atoms with Gasteiger partial charge in [0.1, 0.15) is 24.7 Å². The molecular weight excluding hydrogens is 320 g/mol. The molecule has 2 aromatic carbocycles. The zero-order valence-electron chi connectivity index (χ0n) is 11.8. The lowest BCUT2D eigenvalue weighted by Crippen LogP contribution is -2.15. The van der Waals surface area contributed by atoms with Crippen LogP contribution in [-0.2, 0) is 0 Å². The Kier molecular flexibility index (Phi) is 3.16. The van der Waals surface area contributed by atoms with Gasteiger partial charge in [-0.15, -0.1) is 0 Å². The first-order chi connectivity index (χ1) is 11.1. The third-order valence-corrected chi connectivity index (χ3v) is 3.85. The number of Topliss-reactive ketones (excluding diaryl/α,β-unsaturated/α-hetero) is 1. The smallest absolute Gasteiger partial charge is 0.231 e. The maximum absolute atomic E-state index is 12.3. The molecule has 2 heterocycles. The molecular formula is C17H11ClO5. The Morgan fingerprint density at radius 1 is 1.09 bits per heavy atom. The van der Waals surface area contributed by atoms with Crippen LogP contribution in [0, 0.1) is 0 Å². The molecule has 0 spiro atoms. The number of carbonyl (C=O) groups is 1. The summed E-state index contributed by atoms with van der Waals surface area (Å²) >= 11 is 6.19. The normalized spacial score (nSPS) is 17.1. The van der Waals surface area contributed by atoms with E-state index in [1.807, 2.05) is 0 Å². The molecule has 23 heavy (non-hydrogen) atoms. The number of rotatable bonds is 1. The molecule has 2 aliphatic rings. The van der Waals surface area contributed by atoms with Crippen LogP contribution in [0.4, 0.5) is 0 Å². The number of fused-ring (bicyclic) bond motifs is 2. The summed E-state index contributed by atoms with van der Waals surface area (Å²) in [6.07, 6.45) is 1.59. The Morgan fingerprint density at radius 2 is 1.91 bits per heavy atom. The Labute approximate surface area is 136 Å². The van der Waals surface area contributed by atoms with Gasteiger partial charge in [-0.05, 0) is 35.9 Å². The molecule has 1 N–H and O–H groups in total. The first-order valence-electron chi connectivity index (χ1n) is 6.98. The highest BCUT2D eigenvalue weighted by molar-refractivity contribution is 6.32. The summed E-state index contributed by atoms with van der Waals surface area (Å²) in [6.45, 7) is 0.900. The number of allylic oxidation sites excluding steroid dienone is 1. The van der Waals surface area contributed by atoms with Crippen molar-refractivity contribution >= 4 is 23.5 Å². The third-order valence-electron chi connectivity index (χ3n) is 3.57. The predicted octanol–water partition coefficient (Wildman–Crippen LogP) is 3.43. The van der Waals surface area contributed by atoms with E-state index in [2.05, 4.69) is 0 Å². The number of phenolic OH excluding ortho intramolecular Hbond substituents is 1. The second-order valence-corrected chi connectivity index (χ2v) is 5.55. The summed E-state index contributed by atoms with van der Waals surface area (Å²) in [7, 11) is 0. The molecule has 0 unspecified atom stereocenters. The maximum Gasteiger partial charge on any atom is 0.231 e. The van der Waals surface area contributed by atoms with Crippen molar-refractivity contribution in [1.29, 1.82) is 0 Å². The molecule has 0 bridgehead atoms. The van der Waals surface area contributed by atoms with Crippen LogP contribution in [0.5, 0.6) is 23.0 Å². The molecule has 0 saturated carbocycles. The molecule has 116 valence electrons. The van der Waals surface area contributed by atoms with E-state index in [1.54, 1.807) is 18.2 Å². The molecule has 6 heteroatoms. The molecule has 2 aliphatic heterocycles. The van der Waals surface area contributed by atoms with Gasteiger partial charge in [-0.2, -0.15) is 0 Å². The lowest BCUT2D eigenvalue weighted by Gasteiger charge is -2.19. The molecule has 0 aromatic heterocycles. The standard InChI is InChI=1S/C17H11ClO5/c18-12-5-9(7-15-17(12)22-4-3-21-15)6-14-16(20)11-2-1-10(19)8-13(11)23-14/h1-2,5-8,19H,3-4H2/b14-6+. The quantitative estimate of drug-likeness (QED) is 0.811. The Bertz CT molecular complexity index is 856. The molecule has 4 rings (SSSR count). The Morgan fingerprint density at radius 3 is 2.78 bits per heavy atom. The second kappa shape index (κ2) is 5.21. The van der Waals surface area contributed by atoms with Crippen LogP contribution in [0.15, 0.2) is 36.1 Å². The second-order valence-electron chi connectivity index (χ2n) is 5.15. The van der Waals surface area contributed by atoms with Gasteiger partial charge < -0.3 is 19.3 Å². The average Bonchev–Trinajstić information content (AvgIpc) is 2.83. The number of ketones is 1. The van der Waals surface area contributed by atoms with Crippen molar-refractivity contribution in [1.82, 2.24) is 0 Å². The minimum Gasteiger partial charge on any atom is -0.508 e. The van der Waals surface area contributed by atoms with Gasteiger partial charge in [-0.3, -0.25) is 4.79 Å². The first-order valence-corrected chi connectivity index (χ1v) is 7.36. The highest BCUT2D eigenvalue weighted by Crippen LogP contribution is 2.40. The van der Waals surface area contributed by atoms with Crippen molar-refractivity contribution in [3.8, 4) is 23.0 Å². The average molecular weight is 331 g/mol. The first kappa shape index (κ1) is 14.0. The summed E-state index contributed by atoms with van der Waals surface area (Å²) in [6, 6.07) is 7.81. The zero-order valence-corrected chi connectivity index (χ0v) is 12.6. The molecule has 5 nitrogen and oxygen atoms in total. The van der Waals surface area contributed by atoms with E-state index in [4.69, 9.17) is 25.8 Å². The Hall–Kier alpha value is -2.66. The number of carbonyl (C=O) groups excluding carboxylic acids is 1. The zero-order chi connectivity index (χ0) is 16.0. The summed E-state index contributed by atoms with van der Waals surface area (Å²) in [4.78, 5) is 12.3. The molecule has 0 radical (unpaired) electrons. The maximum atomic E-state index is 12.3. The van der Waals surface area contributed by atoms with Gasteiger partial charge in [-0.1, -0.05) is 11.6 Å². The molecule has 0 aliphatic carbocycles. The minimum absolute atomic E-state index is 0.0418. The monoisotopic (exact) mass is 330 g/mol. The van der Waals surface area contributed by atoms with Crippen LogP contribution in [0.3, 0.4) is 0 Å². The largest absolute Gasteiger partial charge is 0.508 e. The fraction of sp³-hybridized carbons (Fsp3) is 0.118. The van der Waals surface area contributed by atoms with Gasteiger partial charge in [0, 0.05) is 6.07 Å². The summed E-state index contributed by atoms with van der Waals surface area (Å²) < 4.78 is 16.5. The fourth-order valence-electron chi connectivity index (χ4n) is 2.54. The topological polar surface area (TPSA) is 65.0 Å². The van der Waals surface area contributed by atoms with Crippen LogP contribution < -0.4 is 14.2 Å². The van der Waals surface area contributed by atoms with Gasteiger partial charge in [0.05, 0.1) is 10.6 Å². The van der Waals surface area contributed by atoms with Crippen molar-refractivity contribution in [3.05, 3.63) is 52.2 Å². The van der Waals surface area contributed by atoms with Crippen molar-refractivity contribution in [3.63, 3.8) is 0 Å². The van der Waals surface area contributed by atoms with Gasteiger partial charge in [0.2, 0.25) is 5.78 Å². The highest BCUT2D eigenvalue weighted by atomic mass is 35.5. The molecule has 0 saturated heterocycles. The molecule has 0 amide bonds. The van der Waals surface area contributed by atoms with Crippen LogP contribution in [0.2, 0.25) is 5.02 Å². The molecule has 0 atom stereocenters. The van der Waals surface area contributed by atoms with E-state index in [9.17, 15) is 9.90 Å². The van der Waals surface area contributed by atoms with Crippen LogP contribution in [-0.4, -0.2) is 24.1 Å². The predicted molar refractivity (Wildman–Crippen MR) is 83.5 cm³/mol. The van der Waals surface area contributed by atoms with E-state index in [1.165, 1.54) is 18.2 Å². The number of halogens is 1. The number of ether oxygens (including phenoxy) is 3. The molecule has 0 fully saturated rings. The summed E-state index contributed by atoms with van der Waals surface area (Å²) in [5.41, 5.74) is 1.08. The third kappa shape index (κ3) is 2.39. The van der Waals surface area contributed by atoms with Gasteiger partial charge >= 0.3 is 0 Å². The van der Waals surface area contributed by atoms with Gasteiger partial charge in [0.15, 0.2) is 17.3 Å². The lowest BCUT2D eigenvalue weighted by molar-refractivity contribution is 0.101. The number of benzene rings is 2. The highest BCUT2D eigenvalue weighted by Gasteiger charge is 2.28.